The Labute approximate surface area is 153 Å². The Morgan fingerprint density at radius 1 is 0.960 bits per heavy atom. The largest absolute Gasteiger partial charge is 0.407 e. The summed E-state index contributed by atoms with van der Waals surface area (Å²) >= 11 is 0. The average Bonchev–Trinajstić information content (AvgIpc) is 3.35. The van der Waals surface area contributed by atoms with Gasteiger partial charge in [-0.1, -0.05) is 93.6 Å². The summed E-state index contributed by atoms with van der Waals surface area (Å²) in [4.78, 5) is 0. The van der Waals surface area contributed by atoms with Crippen LogP contribution in [0.3, 0.4) is 0 Å². The molecule has 0 unspecified atom stereocenters. The Balaban J connectivity index is 2.00. The Morgan fingerprint density at radius 2 is 1.48 bits per heavy atom. The highest BCUT2D eigenvalue weighted by atomic mass is 28.4. The van der Waals surface area contributed by atoms with E-state index in [9.17, 15) is 0 Å². The minimum absolute atomic E-state index is 0.0701. The molecule has 0 amide bonds. The van der Waals surface area contributed by atoms with Crippen molar-refractivity contribution in [3.63, 3.8) is 0 Å². The Hall–Kier alpha value is -1.64. The second kappa shape index (κ2) is 7.31. The molecule has 1 nitrogen and oxygen atoms in total. The molecular weight excluding hydrogens is 320 g/mol. The van der Waals surface area contributed by atoms with E-state index in [0.29, 0.717) is 11.8 Å². The van der Waals surface area contributed by atoms with Gasteiger partial charge in [-0.25, -0.2) is 0 Å². The van der Waals surface area contributed by atoms with Crippen LogP contribution < -0.4 is 10.4 Å². The third kappa shape index (κ3) is 3.65. The van der Waals surface area contributed by atoms with Gasteiger partial charge in [0.05, 0.1) is 0 Å². The van der Waals surface area contributed by atoms with Gasteiger partial charge in [-0.05, 0) is 40.6 Å². The summed E-state index contributed by atoms with van der Waals surface area (Å²) in [6.07, 6.45) is 5.77. The number of allylic oxidation sites excluding steroid dienone is 2. The molecule has 0 aromatic heterocycles. The topological polar surface area (TPSA) is 9.23 Å². The molecule has 2 atom stereocenters. The lowest BCUT2D eigenvalue weighted by atomic mass is 10.2. The van der Waals surface area contributed by atoms with Gasteiger partial charge in [0.15, 0.2) is 0 Å². The summed E-state index contributed by atoms with van der Waals surface area (Å²) in [5, 5.41) is 2.81. The van der Waals surface area contributed by atoms with Crippen molar-refractivity contribution in [2.45, 2.75) is 39.2 Å². The Morgan fingerprint density at radius 3 is 1.92 bits per heavy atom. The van der Waals surface area contributed by atoms with Crippen LogP contribution in [-0.2, 0) is 4.43 Å². The molecule has 2 aromatic carbocycles. The average molecular weight is 351 g/mol. The predicted molar refractivity (Wildman–Crippen MR) is 110 cm³/mol. The van der Waals surface area contributed by atoms with Crippen LogP contribution in [0.4, 0.5) is 0 Å². The molecule has 25 heavy (non-hydrogen) atoms. The van der Waals surface area contributed by atoms with Crippen molar-refractivity contribution in [3.8, 4) is 0 Å². The molecule has 2 heteroatoms. The minimum Gasteiger partial charge on any atom is -0.407 e. The van der Waals surface area contributed by atoms with Crippen molar-refractivity contribution >= 4 is 18.7 Å². The molecule has 1 aliphatic rings. The maximum Gasteiger partial charge on any atom is 0.261 e. The zero-order valence-electron chi connectivity index (χ0n) is 15.9. The van der Waals surface area contributed by atoms with Crippen LogP contribution in [0.25, 0.3) is 0 Å². The van der Waals surface area contributed by atoms with Gasteiger partial charge in [-0.15, -0.1) is 0 Å². The van der Waals surface area contributed by atoms with Crippen LogP contribution in [0.2, 0.25) is 5.04 Å². The molecule has 1 fully saturated rings. The van der Waals surface area contributed by atoms with E-state index < -0.39 is 8.32 Å². The fraction of sp³-hybridized carbons (Fsp3) is 0.391. The maximum atomic E-state index is 6.97. The normalized spacial score (nSPS) is 20.8. The molecule has 0 aliphatic heterocycles. The van der Waals surface area contributed by atoms with E-state index >= 15 is 0 Å². The van der Waals surface area contributed by atoms with E-state index in [0.717, 1.165) is 6.61 Å². The summed E-state index contributed by atoms with van der Waals surface area (Å²) in [7, 11) is -2.35. The van der Waals surface area contributed by atoms with Crippen LogP contribution in [-0.4, -0.2) is 14.9 Å². The third-order valence-corrected chi connectivity index (χ3v) is 10.4. The van der Waals surface area contributed by atoms with Gasteiger partial charge in [-0.3, -0.25) is 0 Å². The van der Waals surface area contributed by atoms with Gasteiger partial charge in [0.1, 0.15) is 0 Å². The lowest BCUT2D eigenvalue weighted by Crippen LogP contribution is -2.66. The first-order valence-electron chi connectivity index (χ1n) is 9.37. The highest BCUT2D eigenvalue weighted by molar-refractivity contribution is 6.99. The van der Waals surface area contributed by atoms with Gasteiger partial charge in [0.25, 0.3) is 8.32 Å². The third-order valence-electron chi connectivity index (χ3n) is 5.35. The molecule has 0 spiro atoms. The molecule has 1 saturated carbocycles. The molecule has 3 rings (SSSR count). The van der Waals surface area contributed by atoms with Gasteiger partial charge in [0, 0.05) is 6.61 Å². The smallest absolute Gasteiger partial charge is 0.261 e. The first-order chi connectivity index (χ1) is 12.0. The zero-order chi connectivity index (χ0) is 17.9. The van der Waals surface area contributed by atoms with Gasteiger partial charge >= 0.3 is 0 Å². The van der Waals surface area contributed by atoms with Crippen LogP contribution in [0, 0.1) is 11.8 Å². The second-order valence-corrected chi connectivity index (χ2v) is 12.5. The quantitative estimate of drug-likeness (QED) is 0.538. The predicted octanol–water partition coefficient (Wildman–Crippen LogP) is 4.78. The molecule has 0 saturated heterocycles. The number of hydrogen-bond donors (Lipinski definition) is 0. The summed E-state index contributed by atoms with van der Waals surface area (Å²) in [6.45, 7) is 10.0. The fourth-order valence-electron chi connectivity index (χ4n) is 3.94. The van der Waals surface area contributed by atoms with Crippen molar-refractivity contribution in [2.75, 3.05) is 6.61 Å². The SMILES string of the molecule is C/C=C/[C@H]1C[C@H]1CO[Si](c1ccccc1)(c1ccccc1)C(C)(C)C. The van der Waals surface area contributed by atoms with Crippen LogP contribution in [0.15, 0.2) is 72.8 Å². The van der Waals surface area contributed by atoms with Crippen molar-refractivity contribution in [3.05, 3.63) is 72.8 Å². The van der Waals surface area contributed by atoms with E-state index in [1.54, 1.807) is 0 Å². The standard InChI is InChI=1S/C23H30OSi/c1-5-12-19-17-20(19)18-24-25(23(2,3)4,21-13-8-6-9-14-21)22-15-10-7-11-16-22/h5-16,19-20H,17-18H2,1-4H3/b12-5+/t19-,20-/m0/s1. The molecule has 0 heterocycles. The molecule has 0 radical (unpaired) electrons. The monoisotopic (exact) mass is 350 g/mol. The van der Waals surface area contributed by atoms with Crippen LogP contribution in [0.5, 0.6) is 0 Å². The lowest BCUT2D eigenvalue weighted by Gasteiger charge is -2.43. The van der Waals surface area contributed by atoms with E-state index in [1.165, 1.54) is 16.8 Å². The fourth-order valence-corrected chi connectivity index (χ4v) is 8.56. The van der Waals surface area contributed by atoms with E-state index in [2.05, 4.69) is 101 Å². The van der Waals surface area contributed by atoms with E-state index in [1.807, 2.05) is 0 Å². The number of hydrogen-bond acceptors (Lipinski definition) is 1. The van der Waals surface area contributed by atoms with Gasteiger partial charge in [-0.2, -0.15) is 0 Å². The number of rotatable bonds is 6. The summed E-state index contributed by atoms with van der Waals surface area (Å²) in [5.41, 5.74) is 0. The molecule has 0 N–H and O–H groups in total. The highest BCUT2D eigenvalue weighted by Crippen LogP contribution is 2.43. The minimum atomic E-state index is -2.35. The number of benzene rings is 2. The second-order valence-electron chi connectivity index (χ2n) is 8.16. The van der Waals surface area contributed by atoms with Crippen molar-refractivity contribution in [1.29, 1.82) is 0 Å². The molecular formula is C23H30OSi. The first kappa shape index (κ1) is 18.2. The zero-order valence-corrected chi connectivity index (χ0v) is 16.9. The summed E-state index contributed by atoms with van der Waals surface area (Å²) in [6, 6.07) is 21.8. The maximum absolute atomic E-state index is 6.97. The molecule has 1 aliphatic carbocycles. The Kier molecular flexibility index (Phi) is 5.31. The van der Waals surface area contributed by atoms with Crippen LogP contribution in [0.1, 0.15) is 34.1 Å². The van der Waals surface area contributed by atoms with Crippen molar-refractivity contribution in [2.24, 2.45) is 11.8 Å². The van der Waals surface area contributed by atoms with Crippen molar-refractivity contribution in [1.82, 2.24) is 0 Å². The van der Waals surface area contributed by atoms with Crippen molar-refractivity contribution < 1.29 is 4.43 Å². The van der Waals surface area contributed by atoms with Crippen LogP contribution >= 0.6 is 0 Å². The molecule has 132 valence electrons. The first-order valence-corrected chi connectivity index (χ1v) is 11.3. The lowest BCUT2D eigenvalue weighted by molar-refractivity contribution is 0.277. The summed E-state index contributed by atoms with van der Waals surface area (Å²) in [5.74, 6) is 1.39. The molecule has 2 aromatic rings. The van der Waals surface area contributed by atoms with Gasteiger partial charge in [0.2, 0.25) is 0 Å². The van der Waals surface area contributed by atoms with E-state index in [-0.39, 0.29) is 5.04 Å². The highest BCUT2D eigenvalue weighted by Gasteiger charge is 2.51. The summed E-state index contributed by atoms with van der Waals surface area (Å²) < 4.78 is 6.97. The Bertz CT molecular complexity index is 660. The van der Waals surface area contributed by atoms with E-state index in [4.69, 9.17) is 4.43 Å². The molecule has 0 bridgehead atoms. The van der Waals surface area contributed by atoms with Gasteiger partial charge < -0.3 is 4.43 Å².